The molecule has 1 aliphatic heterocycles. The van der Waals surface area contributed by atoms with Gasteiger partial charge in [0.25, 0.3) is 0 Å². The molecule has 0 N–H and O–H groups in total. The molecule has 0 bridgehead atoms. The summed E-state index contributed by atoms with van der Waals surface area (Å²) in [6, 6.07) is 16.6. The molecule has 0 spiro atoms. The van der Waals surface area contributed by atoms with Gasteiger partial charge < -0.3 is 19.1 Å². The Morgan fingerprint density at radius 1 is 1.03 bits per heavy atom. The van der Waals surface area contributed by atoms with Crippen molar-refractivity contribution in [1.82, 2.24) is 9.80 Å². The van der Waals surface area contributed by atoms with E-state index in [0.717, 1.165) is 37.7 Å². The van der Waals surface area contributed by atoms with Gasteiger partial charge in [0.2, 0.25) is 5.91 Å². The largest absolute Gasteiger partial charge is 0.497 e. The molecule has 1 heterocycles. The van der Waals surface area contributed by atoms with Crippen molar-refractivity contribution in [2.75, 3.05) is 54.1 Å². The van der Waals surface area contributed by atoms with Crippen LogP contribution in [0, 0.1) is 11.8 Å². The standard InChI is InChI=1S/C27H38N2O4/c1-20(2)27(30)29(13-14-31-3)18-23-17-28(16-21-9-11-24(32-4)12-10-21)19-26(23)22-7-6-8-25(15-22)33-5/h6-12,15,20,23,26H,13-14,16-19H2,1-5H3. The maximum Gasteiger partial charge on any atom is 0.225 e. The second-order valence-electron chi connectivity index (χ2n) is 9.12. The third kappa shape index (κ3) is 6.71. The summed E-state index contributed by atoms with van der Waals surface area (Å²) in [4.78, 5) is 17.4. The summed E-state index contributed by atoms with van der Waals surface area (Å²) in [5.41, 5.74) is 2.52. The number of hydrogen-bond acceptors (Lipinski definition) is 5. The van der Waals surface area contributed by atoms with E-state index >= 15 is 0 Å². The number of amides is 1. The third-order valence-electron chi connectivity index (χ3n) is 6.43. The summed E-state index contributed by atoms with van der Waals surface area (Å²) in [7, 11) is 5.07. The minimum atomic E-state index is -0.0334. The van der Waals surface area contributed by atoms with E-state index in [1.807, 2.05) is 36.9 Å². The number of rotatable bonds is 11. The number of likely N-dealkylation sites (tertiary alicyclic amines) is 1. The molecule has 33 heavy (non-hydrogen) atoms. The van der Waals surface area contributed by atoms with Gasteiger partial charge in [-0.3, -0.25) is 9.69 Å². The fourth-order valence-electron chi connectivity index (χ4n) is 4.65. The molecule has 2 aromatic rings. The fourth-order valence-corrected chi connectivity index (χ4v) is 4.65. The van der Waals surface area contributed by atoms with E-state index in [1.54, 1.807) is 21.3 Å². The molecule has 0 aromatic heterocycles. The van der Waals surface area contributed by atoms with Crippen molar-refractivity contribution in [3.8, 4) is 11.5 Å². The maximum absolute atomic E-state index is 12.9. The van der Waals surface area contributed by atoms with Crippen molar-refractivity contribution in [2.45, 2.75) is 26.3 Å². The molecule has 0 saturated carbocycles. The van der Waals surface area contributed by atoms with Gasteiger partial charge in [0.05, 0.1) is 20.8 Å². The highest BCUT2D eigenvalue weighted by molar-refractivity contribution is 5.78. The molecule has 1 aliphatic rings. The highest BCUT2D eigenvalue weighted by atomic mass is 16.5. The molecule has 2 atom stereocenters. The zero-order valence-corrected chi connectivity index (χ0v) is 20.6. The predicted molar refractivity (Wildman–Crippen MR) is 131 cm³/mol. The van der Waals surface area contributed by atoms with Crippen LogP contribution in [-0.2, 0) is 16.1 Å². The molecule has 1 amide bonds. The lowest BCUT2D eigenvalue weighted by Gasteiger charge is -2.30. The lowest BCUT2D eigenvalue weighted by Crippen LogP contribution is -2.41. The van der Waals surface area contributed by atoms with Crippen molar-refractivity contribution < 1.29 is 19.0 Å². The summed E-state index contributed by atoms with van der Waals surface area (Å²) in [6.45, 7) is 8.57. The van der Waals surface area contributed by atoms with Crippen molar-refractivity contribution >= 4 is 5.91 Å². The zero-order chi connectivity index (χ0) is 23.8. The van der Waals surface area contributed by atoms with Gasteiger partial charge in [-0.15, -0.1) is 0 Å². The van der Waals surface area contributed by atoms with E-state index in [9.17, 15) is 4.79 Å². The molecule has 0 radical (unpaired) electrons. The lowest BCUT2D eigenvalue weighted by molar-refractivity contribution is -0.135. The van der Waals surface area contributed by atoms with E-state index in [0.29, 0.717) is 25.0 Å². The fraction of sp³-hybridized carbons (Fsp3) is 0.519. The summed E-state index contributed by atoms with van der Waals surface area (Å²) in [6.07, 6.45) is 0. The molecule has 2 aromatic carbocycles. The van der Waals surface area contributed by atoms with Crippen LogP contribution in [0.5, 0.6) is 11.5 Å². The Kier molecular flexibility index (Phi) is 9.15. The second-order valence-corrected chi connectivity index (χ2v) is 9.12. The average Bonchev–Trinajstić information content (AvgIpc) is 3.23. The normalized spacial score (nSPS) is 18.5. The number of methoxy groups -OCH3 is 3. The van der Waals surface area contributed by atoms with Gasteiger partial charge in [-0.2, -0.15) is 0 Å². The van der Waals surface area contributed by atoms with Gasteiger partial charge >= 0.3 is 0 Å². The smallest absolute Gasteiger partial charge is 0.225 e. The minimum Gasteiger partial charge on any atom is -0.497 e. The summed E-state index contributed by atoms with van der Waals surface area (Å²) < 4.78 is 16.1. The number of carbonyl (C=O) groups is 1. The Bertz CT molecular complexity index is 884. The van der Waals surface area contributed by atoms with E-state index in [-0.39, 0.29) is 11.8 Å². The van der Waals surface area contributed by atoms with Gasteiger partial charge in [-0.05, 0) is 41.3 Å². The van der Waals surface area contributed by atoms with Gasteiger partial charge in [0.15, 0.2) is 0 Å². The van der Waals surface area contributed by atoms with Crippen LogP contribution in [0.15, 0.2) is 48.5 Å². The Morgan fingerprint density at radius 2 is 1.76 bits per heavy atom. The van der Waals surface area contributed by atoms with Crippen LogP contribution in [0.4, 0.5) is 0 Å². The Morgan fingerprint density at radius 3 is 2.39 bits per heavy atom. The van der Waals surface area contributed by atoms with Crippen molar-refractivity contribution in [3.05, 3.63) is 59.7 Å². The molecule has 6 nitrogen and oxygen atoms in total. The van der Waals surface area contributed by atoms with Gasteiger partial charge in [-0.25, -0.2) is 0 Å². The van der Waals surface area contributed by atoms with Gasteiger partial charge in [0, 0.05) is 51.7 Å². The van der Waals surface area contributed by atoms with E-state index in [1.165, 1.54) is 11.1 Å². The Hall–Kier alpha value is -2.57. The molecule has 2 unspecified atom stereocenters. The quantitative estimate of drug-likeness (QED) is 0.513. The van der Waals surface area contributed by atoms with Gasteiger partial charge in [-0.1, -0.05) is 38.1 Å². The topological polar surface area (TPSA) is 51.2 Å². The number of carbonyl (C=O) groups excluding carboxylic acids is 1. The first kappa shape index (κ1) is 25.1. The molecule has 180 valence electrons. The average molecular weight is 455 g/mol. The number of benzene rings is 2. The zero-order valence-electron chi connectivity index (χ0n) is 20.6. The maximum atomic E-state index is 12.9. The molecular weight excluding hydrogens is 416 g/mol. The summed E-state index contributed by atoms with van der Waals surface area (Å²) >= 11 is 0. The van der Waals surface area contributed by atoms with Crippen molar-refractivity contribution in [2.24, 2.45) is 11.8 Å². The Labute approximate surface area is 198 Å². The highest BCUT2D eigenvalue weighted by Gasteiger charge is 2.36. The SMILES string of the molecule is COCCN(CC1CN(Cc2ccc(OC)cc2)CC1c1cccc(OC)c1)C(=O)C(C)C. The first-order valence-electron chi connectivity index (χ1n) is 11.7. The van der Waals surface area contributed by atoms with Crippen molar-refractivity contribution in [1.29, 1.82) is 0 Å². The summed E-state index contributed by atoms with van der Waals surface area (Å²) in [5.74, 6) is 2.54. The van der Waals surface area contributed by atoms with Crippen LogP contribution in [0.3, 0.4) is 0 Å². The second kappa shape index (κ2) is 12.1. The van der Waals surface area contributed by atoms with Crippen LogP contribution in [0.1, 0.15) is 30.9 Å². The van der Waals surface area contributed by atoms with Crippen molar-refractivity contribution in [3.63, 3.8) is 0 Å². The Balaban J connectivity index is 1.81. The molecule has 6 heteroatoms. The molecule has 1 saturated heterocycles. The number of nitrogens with zero attached hydrogens (tertiary/aromatic N) is 2. The summed E-state index contributed by atoms with van der Waals surface area (Å²) in [5, 5.41) is 0. The van der Waals surface area contributed by atoms with E-state index in [2.05, 4.69) is 35.2 Å². The molecule has 3 rings (SSSR count). The van der Waals surface area contributed by atoms with E-state index in [4.69, 9.17) is 14.2 Å². The first-order chi connectivity index (χ1) is 15.9. The monoisotopic (exact) mass is 454 g/mol. The van der Waals surface area contributed by atoms with Crippen LogP contribution in [-0.4, -0.2) is 69.8 Å². The van der Waals surface area contributed by atoms with Gasteiger partial charge in [0.1, 0.15) is 11.5 Å². The molecule has 0 aliphatic carbocycles. The first-order valence-corrected chi connectivity index (χ1v) is 11.7. The molecule has 1 fully saturated rings. The number of ether oxygens (including phenoxy) is 3. The lowest BCUT2D eigenvalue weighted by atomic mass is 9.88. The predicted octanol–water partition coefficient (Wildman–Crippen LogP) is 4.05. The third-order valence-corrected chi connectivity index (χ3v) is 6.43. The minimum absolute atomic E-state index is 0.0334. The van der Waals surface area contributed by atoms with Crippen LogP contribution >= 0.6 is 0 Å². The van der Waals surface area contributed by atoms with E-state index < -0.39 is 0 Å². The van der Waals surface area contributed by atoms with Crippen LogP contribution in [0.25, 0.3) is 0 Å². The number of hydrogen-bond donors (Lipinski definition) is 0. The van der Waals surface area contributed by atoms with Crippen LogP contribution in [0.2, 0.25) is 0 Å². The highest BCUT2D eigenvalue weighted by Crippen LogP contribution is 2.35. The van der Waals surface area contributed by atoms with Crippen LogP contribution < -0.4 is 9.47 Å². The molecular formula is C27H38N2O4.